The number of likely N-dealkylation sites (tertiary alicyclic amines) is 1. The fraction of sp³-hybridized carbons (Fsp3) is 0.194. The van der Waals surface area contributed by atoms with Crippen LogP contribution in [-0.2, 0) is 4.79 Å². The van der Waals surface area contributed by atoms with Gasteiger partial charge in [0.05, 0.1) is 0 Å². The van der Waals surface area contributed by atoms with Crippen molar-refractivity contribution < 1.29 is 18.0 Å². The predicted molar refractivity (Wildman–Crippen MR) is 151 cm³/mol. The van der Waals surface area contributed by atoms with Gasteiger partial charge in [-0.1, -0.05) is 90.5 Å². The number of piperidine rings is 1. The number of carbonyl (C=O) groups is 1. The second kappa shape index (κ2) is 11.8. The quantitative estimate of drug-likeness (QED) is 0.290. The number of nitrogens with one attached hydrogen (secondary N) is 1. The molecule has 1 saturated heterocycles. The minimum absolute atomic E-state index is 0. The molecule has 0 bridgehead atoms. The molecule has 3 aromatic carbocycles. The molecule has 0 spiro atoms. The summed E-state index contributed by atoms with van der Waals surface area (Å²) in [4.78, 5) is 13.5. The molecule has 1 fully saturated rings. The lowest BCUT2D eigenvalue weighted by molar-refractivity contribution is -0.167. The van der Waals surface area contributed by atoms with Crippen LogP contribution < -0.4 is 5.32 Å². The zero-order valence-corrected chi connectivity index (χ0v) is 21.5. The smallest absolute Gasteiger partial charge is 0.318 e. The van der Waals surface area contributed by atoms with Gasteiger partial charge in [0, 0.05) is 25.3 Å². The number of halogens is 4. The largest absolute Gasteiger partial charge is 0.471 e. The van der Waals surface area contributed by atoms with E-state index in [1.165, 1.54) is 45.5 Å². The highest BCUT2D eigenvalue weighted by molar-refractivity contribution is 5.95. The van der Waals surface area contributed by atoms with Crippen molar-refractivity contribution >= 4 is 47.8 Å². The number of amides is 1. The number of fused-ring (bicyclic) bond motifs is 2. The maximum atomic E-state index is 12.4. The van der Waals surface area contributed by atoms with Gasteiger partial charge in [-0.05, 0) is 58.4 Å². The van der Waals surface area contributed by atoms with Gasteiger partial charge >= 0.3 is 12.1 Å². The van der Waals surface area contributed by atoms with Gasteiger partial charge in [0.25, 0.3) is 0 Å². The summed E-state index contributed by atoms with van der Waals surface area (Å²) in [5.41, 5.74) is 8.91. The lowest BCUT2D eigenvalue weighted by atomic mass is 9.86. The summed E-state index contributed by atoms with van der Waals surface area (Å²) in [6.07, 6.45) is 5.53. The van der Waals surface area contributed by atoms with Crippen LogP contribution in [0.5, 0.6) is 0 Å². The summed E-state index contributed by atoms with van der Waals surface area (Å²) >= 11 is 0. The molecule has 0 radical (unpaired) electrons. The van der Waals surface area contributed by atoms with E-state index >= 15 is 0 Å². The molecule has 1 aliphatic carbocycles. The maximum absolute atomic E-state index is 12.4. The van der Waals surface area contributed by atoms with Crippen molar-refractivity contribution in [3.05, 3.63) is 112 Å². The van der Waals surface area contributed by atoms with Crippen LogP contribution in [0.3, 0.4) is 0 Å². The minimum atomic E-state index is -4.90. The highest BCUT2D eigenvalue weighted by atomic mass is 35.5. The zero-order valence-electron chi connectivity index (χ0n) is 20.7. The van der Waals surface area contributed by atoms with Crippen molar-refractivity contribution in [3.8, 4) is 0 Å². The molecule has 0 aromatic heterocycles. The number of anilines is 1. The summed E-state index contributed by atoms with van der Waals surface area (Å²) in [7, 11) is 0. The highest BCUT2D eigenvalue weighted by Gasteiger charge is 2.38. The van der Waals surface area contributed by atoms with Gasteiger partial charge in [-0.15, -0.1) is 12.4 Å². The van der Waals surface area contributed by atoms with Crippen LogP contribution in [0.2, 0.25) is 0 Å². The van der Waals surface area contributed by atoms with Gasteiger partial charge in [0.15, 0.2) is 0 Å². The minimum Gasteiger partial charge on any atom is -0.318 e. The monoisotopic (exact) mass is 536 g/mol. The van der Waals surface area contributed by atoms with Crippen LogP contribution in [0.1, 0.15) is 40.7 Å². The summed E-state index contributed by atoms with van der Waals surface area (Å²) in [6, 6.07) is 23.5. The van der Waals surface area contributed by atoms with Crippen molar-refractivity contribution in [2.24, 2.45) is 0 Å². The number of nitrogens with zero attached hydrogens (tertiary/aromatic N) is 1. The average Bonchev–Trinajstić information content (AvgIpc) is 3.07. The third-order valence-electron chi connectivity index (χ3n) is 6.82. The molecule has 1 amide bonds. The van der Waals surface area contributed by atoms with Gasteiger partial charge < -0.3 is 5.32 Å². The Morgan fingerprint density at radius 2 is 1.39 bits per heavy atom. The number of hydrogen-bond donors (Lipinski definition) is 1. The van der Waals surface area contributed by atoms with Crippen molar-refractivity contribution in [2.75, 3.05) is 25.0 Å². The molecule has 38 heavy (non-hydrogen) atoms. The number of carbonyl (C=O) groups excluding carboxylic acids is 1. The average molecular weight is 537 g/mol. The molecule has 1 N–H and O–H groups in total. The van der Waals surface area contributed by atoms with Crippen LogP contribution in [-0.4, -0.2) is 36.6 Å². The van der Waals surface area contributed by atoms with E-state index in [1.807, 2.05) is 11.4 Å². The van der Waals surface area contributed by atoms with E-state index < -0.39 is 12.1 Å². The Bertz CT molecular complexity index is 1330. The van der Waals surface area contributed by atoms with Gasteiger partial charge in [0.1, 0.15) is 0 Å². The predicted octanol–water partition coefficient (Wildman–Crippen LogP) is 7.70. The molecule has 1 heterocycles. The van der Waals surface area contributed by atoms with Crippen LogP contribution >= 0.6 is 12.4 Å². The molecule has 3 aromatic rings. The molecular formula is C31H28ClF3N2O. The summed E-state index contributed by atoms with van der Waals surface area (Å²) in [5, 5.41) is 1.86. The fourth-order valence-electron chi connectivity index (χ4n) is 4.92. The van der Waals surface area contributed by atoms with Crippen LogP contribution in [0.25, 0.3) is 23.8 Å². The standard InChI is InChI=1S/C31H27F3N2O.ClH/c32-31(33,34)30(37)35-26-15-11-22(12-16-26)6-5-19-36-20-17-25(18-21-36)29-27-9-3-1-7-23(27)13-14-24-8-2-4-10-28(24)29;/h1-16H,17-21H2,(H,35,37);1H. The Morgan fingerprint density at radius 1 is 0.842 bits per heavy atom. The summed E-state index contributed by atoms with van der Waals surface area (Å²) in [5.74, 6) is -1.97. The van der Waals surface area contributed by atoms with Gasteiger partial charge in [-0.3, -0.25) is 9.69 Å². The molecule has 196 valence electrons. The molecule has 0 saturated carbocycles. The van der Waals surface area contributed by atoms with Crippen molar-refractivity contribution in [2.45, 2.75) is 19.0 Å². The number of hydrogen-bond acceptors (Lipinski definition) is 2. The Kier molecular flexibility index (Phi) is 8.55. The molecule has 7 heteroatoms. The van der Waals surface area contributed by atoms with E-state index in [9.17, 15) is 18.0 Å². The van der Waals surface area contributed by atoms with E-state index in [-0.39, 0.29) is 18.1 Å². The van der Waals surface area contributed by atoms with Crippen molar-refractivity contribution in [1.29, 1.82) is 0 Å². The highest BCUT2D eigenvalue weighted by Crippen LogP contribution is 2.38. The first-order chi connectivity index (χ1) is 17.9. The Labute approximate surface area is 226 Å². The lowest BCUT2D eigenvalue weighted by Crippen LogP contribution is -2.31. The second-order valence-corrected chi connectivity index (χ2v) is 9.26. The molecule has 3 nitrogen and oxygen atoms in total. The van der Waals surface area contributed by atoms with Crippen LogP contribution in [0.4, 0.5) is 18.9 Å². The number of alkyl halides is 3. The van der Waals surface area contributed by atoms with Gasteiger partial charge in [-0.25, -0.2) is 0 Å². The number of benzene rings is 3. The SMILES string of the molecule is Cl.O=C(Nc1ccc(C=CCN2CCC(=C3c4ccccc4C=Cc4ccccc43)CC2)cc1)C(F)(F)F. The molecular weight excluding hydrogens is 509 g/mol. The maximum Gasteiger partial charge on any atom is 0.471 e. The first-order valence-electron chi connectivity index (χ1n) is 12.3. The summed E-state index contributed by atoms with van der Waals surface area (Å²) in [6.45, 7) is 2.72. The summed E-state index contributed by atoms with van der Waals surface area (Å²) < 4.78 is 37.2. The van der Waals surface area contributed by atoms with E-state index in [0.717, 1.165) is 38.0 Å². The lowest BCUT2D eigenvalue weighted by Gasteiger charge is -2.29. The molecule has 0 unspecified atom stereocenters. The number of rotatable bonds is 4. The third kappa shape index (κ3) is 6.26. The topological polar surface area (TPSA) is 32.3 Å². The zero-order chi connectivity index (χ0) is 25.8. The first kappa shape index (κ1) is 27.4. The molecule has 2 aliphatic rings. The molecule has 5 rings (SSSR count). The van der Waals surface area contributed by atoms with Gasteiger partial charge in [0.2, 0.25) is 0 Å². The molecule has 0 atom stereocenters. The van der Waals surface area contributed by atoms with Crippen molar-refractivity contribution in [3.63, 3.8) is 0 Å². The van der Waals surface area contributed by atoms with E-state index in [1.54, 1.807) is 12.1 Å². The third-order valence-corrected chi connectivity index (χ3v) is 6.82. The van der Waals surface area contributed by atoms with E-state index in [4.69, 9.17) is 0 Å². The van der Waals surface area contributed by atoms with Crippen molar-refractivity contribution in [1.82, 2.24) is 4.90 Å². The Morgan fingerprint density at radius 3 is 1.95 bits per heavy atom. The fourth-order valence-corrected chi connectivity index (χ4v) is 4.92. The van der Waals surface area contributed by atoms with E-state index in [2.05, 4.69) is 71.7 Å². The normalized spacial score (nSPS) is 15.4. The molecule has 1 aliphatic heterocycles. The van der Waals surface area contributed by atoms with Crippen LogP contribution in [0, 0.1) is 0 Å². The van der Waals surface area contributed by atoms with E-state index in [0.29, 0.717) is 0 Å². The first-order valence-corrected chi connectivity index (χ1v) is 12.3. The Hall–Kier alpha value is -3.61. The van der Waals surface area contributed by atoms with Crippen LogP contribution in [0.15, 0.2) is 84.4 Å². The second-order valence-electron chi connectivity index (χ2n) is 9.26. The van der Waals surface area contributed by atoms with Gasteiger partial charge in [-0.2, -0.15) is 13.2 Å². The Balaban J connectivity index is 0.00000336.